The number of fused-ring (bicyclic) bond motifs is 1. The van der Waals surface area contributed by atoms with Crippen LogP contribution in [0.15, 0.2) is 36.4 Å². The van der Waals surface area contributed by atoms with Crippen molar-refractivity contribution in [2.24, 2.45) is 0 Å². The number of hydrogen-bond acceptors (Lipinski definition) is 8. The number of carbonyl (C=O) groups excluding carboxylic acids is 3. The third-order valence-electron chi connectivity index (χ3n) is 10.8. The topological polar surface area (TPSA) is 146 Å². The van der Waals surface area contributed by atoms with Crippen molar-refractivity contribution < 1.29 is 32.6 Å². The lowest BCUT2D eigenvalue weighted by atomic mass is 9.83. The maximum atomic E-state index is 14.0. The molecule has 276 valence electrons. The Kier molecular flexibility index (Phi) is 11.7. The highest BCUT2D eigenvalue weighted by Crippen LogP contribution is 2.26. The molecule has 0 aromatic heterocycles. The number of rotatable bonds is 8. The Morgan fingerprint density at radius 3 is 2.15 bits per heavy atom. The fraction of sp³-hybridized carbons (Fsp3) is 0.571. The number of phenols is 1. The summed E-state index contributed by atoms with van der Waals surface area (Å²) in [5.74, 6) is -0.574. The average Bonchev–Trinajstić information content (AvgIpc) is 3.31. The number of ether oxygens (including phenoxy) is 1. The molecule has 0 bridgehead atoms. The van der Waals surface area contributed by atoms with Crippen molar-refractivity contribution in [2.45, 2.75) is 56.7 Å². The first-order chi connectivity index (χ1) is 24.8. The van der Waals surface area contributed by atoms with Gasteiger partial charge in [-0.25, -0.2) is 9.59 Å². The zero-order chi connectivity index (χ0) is 37.2. The molecule has 52 heavy (non-hydrogen) atoms. The van der Waals surface area contributed by atoms with Crippen LogP contribution in [0.4, 0.5) is 15.3 Å². The van der Waals surface area contributed by atoms with Gasteiger partial charge in [-0.2, -0.15) is 17.0 Å². The van der Waals surface area contributed by atoms with Crippen LogP contribution in [0, 0.1) is 0 Å². The Morgan fingerprint density at radius 1 is 0.904 bits per heavy atom. The summed E-state index contributed by atoms with van der Waals surface area (Å²) in [7, 11) is 11.6. The summed E-state index contributed by atoms with van der Waals surface area (Å²) in [6, 6.07) is 10.9. The summed E-state index contributed by atoms with van der Waals surface area (Å²) in [6.45, 7) is 4.28. The number of carbonyl (C=O) groups is 3. The number of nitrogens with zero attached hydrogens (tertiary/aromatic N) is 6. The van der Waals surface area contributed by atoms with Gasteiger partial charge >= 0.3 is 12.1 Å². The first-order valence-corrected chi connectivity index (χ1v) is 19.4. The molecule has 4 radical (unpaired) electrons. The maximum Gasteiger partial charge on any atom is 0.410 e. The van der Waals surface area contributed by atoms with Crippen molar-refractivity contribution in [1.29, 1.82) is 0 Å². The van der Waals surface area contributed by atoms with E-state index in [4.69, 9.17) is 20.4 Å². The number of urea groups is 1. The molecule has 1 atom stereocenters. The molecule has 17 heteroatoms. The zero-order valence-corrected chi connectivity index (χ0v) is 30.8. The van der Waals surface area contributed by atoms with Gasteiger partial charge < -0.3 is 29.9 Å². The van der Waals surface area contributed by atoms with Crippen LogP contribution < -0.4 is 16.2 Å². The highest BCUT2D eigenvalue weighted by molar-refractivity contribution is 7.86. The van der Waals surface area contributed by atoms with Crippen molar-refractivity contribution in [3.05, 3.63) is 47.5 Å². The highest BCUT2D eigenvalue weighted by atomic mass is 32.2. The van der Waals surface area contributed by atoms with E-state index in [9.17, 15) is 27.9 Å². The largest absolute Gasteiger partial charge is 0.509 e. The molecule has 0 spiro atoms. The van der Waals surface area contributed by atoms with Gasteiger partial charge in [-0.1, -0.05) is 41.3 Å². The second-order valence-corrected chi connectivity index (χ2v) is 16.4. The van der Waals surface area contributed by atoms with E-state index < -0.39 is 22.4 Å². The van der Waals surface area contributed by atoms with Gasteiger partial charge in [0.1, 0.15) is 21.4 Å². The molecule has 4 heterocycles. The number of likely N-dealkylation sites (tertiary alicyclic amines) is 1. The number of amides is 4. The van der Waals surface area contributed by atoms with Gasteiger partial charge in [0.05, 0.1) is 0 Å². The second-order valence-electron chi connectivity index (χ2n) is 14.2. The smallest absolute Gasteiger partial charge is 0.410 e. The van der Waals surface area contributed by atoms with Crippen LogP contribution in [-0.2, 0) is 32.6 Å². The molecule has 0 aliphatic carbocycles. The van der Waals surface area contributed by atoms with Crippen molar-refractivity contribution in [2.75, 3.05) is 78.3 Å². The normalized spacial score (nSPS) is 20.7. The molecule has 6 rings (SSSR count). The summed E-state index contributed by atoms with van der Waals surface area (Å²) in [5, 5.41) is 13.1. The predicted octanol–water partition coefficient (Wildman–Crippen LogP) is -0.00290. The summed E-state index contributed by atoms with van der Waals surface area (Å²) in [6.07, 6.45) is 1.55. The number of piperazine rings is 1. The number of aromatic hydroxyl groups is 1. The van der Waals surface area contributed by atoms with E-state index in [1.165, 1.54) is 34.8 Å². The molecule has 0 unspecified atom stereocenters. The number of anilines is 1. The summed E-state index contributed by atoms with van der Waals surface area (Å²) >= 11 is 0. The van der Waals surface area contributed by atoms with Crippen molar-refractivity contribution in [3.63, 3.8) is 0 Å². The van der Waals surface area contributed by atoms with Crippen LogP contribution in [0.5, 0.6) is 5.75 Å². The van der Waals surface area contributed by atoms with Gasteiger partial charge in [-0.3, -0.25) is 9.69 Å². The molecule has 2 aromatic carbocycles. The lowest BCUT2D eigenvalue weighted by Crippen LogP contribution is -2.57. The first-order valence-electron chi connectivity index (χ1n) is 18.0. The van der Waals surface area contributed by atoms with Crippen molar-refractivity contribution >= 4 is 60.5 Å². The Hall–Kier alpha value is -3.79. The van der Waals surface area contributed by atoms with Crippen LogP contribution in [-0.4, -0.2) is 167 Å². The molecule has 2 N–H and O–H groups in total. The summed E-state index contributed by atoms with van der Waals surface area (Å²) in [5.41, 5.74) is 2.58. The molecule has 3 fully saturated rings. The van der Waals surface area contributed by atoms with E-state index in [0.29, 0.717) is 90.1 Å². The Morgan fingerprint density at radius 2 is 1.52 bits per heavy atom. The standard InChI is InChI=1S/C35H47B2N7O7S/c1-39(2)52(49,50)43-14-10-26(11-15-43)40-17-19-41(20-18-40)33(46)31(23-24-21-28(36)32(45)29(37)22-24)51-35(48)42-12-8-27(9-13-42)44-16-7-25-5-3-4-6-30(25)38-34(44)47/h3-6,21-22,26-27,31,45H,7-20,23H2,1-2H3,(H,38,47)/t31-/m1/s1. The number of piperidine rings is 2. The minimum absolute atomic E-state index is 0.0171. The van der Waals surface area contributed by atoms with Gasteiger partial charge in [-0.15, -0.1) is 0 Å². The van der Waals surface area contributed by atoms with Gasteiger partial charge in [0.25, 0.3) is 16.1 Å². The van der Waals surface area contributed by atoms with E-state index >= 15 is 0 Å². The zero-order valence-electron chi connectivity index (χ0n) is 29.9. The van der Waals surface area contributed by atoms with Crippen LogP contribution >= 0.6 is 0 Å². The lowest BCUT2D eigenvalue weighted by molar-refractivity contribution is -0.143. The van der Waals surface area contributed by atoms with E-state index in [-0.39, 0.29) is 47.1 Å². The molecule has 4 amide bonds. The lowest BCUT2D eigenvalue weighted by Gasteiger charge is -2.43. The summed E-state index contributed by atoms with van der Waals surface area (Å²) in [4.78, 5) is 48.2. The first kappa shape index (κ1) is 38.0. The van der Waals surface area contributed by atoms with E-state index in [1.807, 2.05) is 29.2 Å². The van der Waals surface area contributed by atoms with E-state index in [0.717, 1.165) is 17.7 Å². The third kappa shape index (κ3) is 8.37. The number of hydrogen-bond donors (Lipinski definition) is 2. The molecule has 4 aliphatic heterocycles. The van der Waals surface area contributed by atoms with Crippen LogP contribution in [0.2, 0.25) is 0 Å². The second kappa shape index (κ2) is 16.1. The average molecular weight is 731 g/mol. The number of para-hydroxylation sites is 1. The maximum absolute atomic E-state index is 14.0. The Labute approximate surface area is 309 Å². The number of benzene rings is 2. The van der Waals surface area contributed by atoms with Gasteiger partial charge in [-0.05, 0) is 49.3 Å². The molecular weight excluding hydrogens is 684 g/mol. The monoisotopic (exact) mass is 731 g/mol. The highest BCUT2D eigenvalue weighted by Gasteiger charge is 2.37. The predicted molar refractivity (Wildman–Crippen MR) is 199 cm³/mol. The fourth-order valence-electron chi connectivity index (χ4n) is 7.73. The molecule has 2 aromatic rings. The third-order valence-corrected chi connectivity index (χ3v) is 12.8. The van der Waals surface area contributed by atoms with Crippen LogP contribution in [0.25, 0.3) is 0 Å². The minimum atomic E-state index is -3.45. The SMILES string of the molecule is [B]c1cc(C[C@@H](OC(=O)N2CCC(N3CCc4ccccc4NC3=O)CC2)C(=O)N2CCN(C3CCN(S(=O)(=O)N(C)C)CC3)CC2)cc([B])c1O. The van der Waals surface area contributed by atoms with Gasteiger partial charge in [0, 0.05) is 97.2 Å². The molecule has 4 aliphatic rings. The van der Waals surface area contributed by atoms with Crippen molar-refractivity contribution in [1.82, 2.24) is 28.2 Å². The molecule has 0 saturated carbocycles. The van der Waals surface area contributed by atoms with Gasteiger partial charge in [0.15, 0.2) is 6.10 Å². The number of phenolic OH excluding ortho intramolecular Hbond substituents is 1. The van der Waals surface area contributed by atoms with Crippen molar-refractivity contribution in [3.8, 4) is 5.75 Å². The fourth-order valence-corrected chi connectivity index (χ4v) is 8.86. The van der Waals surface area contributed by atoms with E-state index in [2.05, 4.69) is 10.2 Å². The van der Waals surface area contributed by atoms with Crippen LogP contribution in [0.1, 0.15) is 36.8 Å². The summed E-state index contributed by atoms with van der Waals surface area (Å²) < 4.78 is 33.8. The minimum Gasteiger partial charge on any atom is -0.509 e. The Bertz CT molecular complexity index is 1720. The molecular formula is C35H47B2N7O7S. The Balaban J connectivity index is 1.06. The van der Waals surface area contributed by atoms with Crippen LogP contribution in [0.3, 0.4) is 0 Å². The quantitative estimate of drug-likeness (QED) is 0.361. The van der Waals surface area contributed by atoms with Gasteiger partial charge in [0.2, 0.25) is 0 Å². The molecule has 14 nitrogen and oxygen atoms in total. The number of nitrogens with one attached hydrogen (secondary N) is 1. The van der Waals surface area contributed by atoms with E-state index in [1.54, 1.807) is 9.80 Å². The molecule has 3 saturated heterocycles.